The van der Waals surface area contributed by atoms with Crippen molar-refractivity contribution in [1.82, 2.24) is 15.1 Å². The van der Waals surface area contributed by atoms with Crippen molar-refractivity contribution in [3.05, 3.63) is 35.1 Å². The molecule has 0 bridgehead atoms. The zero-order valence-electron chi connectivity index (χ0n) is 14.1. The first-order chi connectivity index (χ1) is 12.2. The summed E-state index contributed by atoms with van der Waals surface area (Å²) in [4.78, 5) is 19.8. The summed E-state index contributed by atoms with van der Waals surface area (Å²) in [6.07, 6.45) is 5.82. The number of anilines is 1. The number of pyridine rings is 1. The standard InChI is InChI=1S/C18H22N4O3/c23-16(24)10-12-9-14(12)18-21-15(22-25-18)5-1-4-13-7-6-11-3-2-8-19-17(11)20-13/h6-7,12,14H,1-5,8-10H2,(H,19,20)(H,23,24)/t12-,14-/m0/s1. The van der Waals surface area contributed by atoms with E-state index < -0.39 is 5.97 Å². The van der Waals surface area contributed by atoms with Crippen LogP contribution in [0.1, 0.15) is 54.6 Å². The van der Waals surface area contributed by atoms with Crippen LogP contribution in [0.2, 0.25) is 0 Å². The topological polar surface area (TPSA) is 101 Å². The number of aryl methyl sites for hydroxylation is 3. The van der Waals surface area contributed by atoms with Gasteiger partial charge in [-0.05, 0) is 49.7 Å². The van der Waals surface area contributed by atoms with Crippen molar-refractivity contribution < 1.29 is 14.4 Å². The summed E-state index contributed by atoms with van der Waals surface area (Å²) in [5.74, 6) is 1.84. The number of carboxylic acids is 1. The van der Waals surface area contributed by atoms with Crippen molar-refractivity contribution >= 4 is 11.8 Å². The molecular weight excluding hydrogens is 320 g/mol. The van der Waals surface area contributed by atoms with Gasteiger partial charge in [0.25, 0.3) is 0 Å². The highest BCUT2D eigenvalue weighted by molar-refractivity contribution is 5.67. The average Bonchev–Trinajstić information content (AvgIpc) is 3.19. The van der Waals surface area contributed by atoms with E-state index in [4.69, 9.17) is 14.6 Å². The Balaban J connectivity index is 1.27. The fraction of sp³-hybridized carbons (Fsp3) is 0.556. The number of nitrogens with one attached hydrogen (secondary N) is 1. The second-order valence-electron chi connectivity index (χ2n) is 6.94. The van der Waals surface area contributed by atoms with Gasteiger partial charge in [0.05, 0.1) is 0 Å². The zero-order valence-corrected chi connectivity index (χ0v) is 14.1. The third kappa shape index (κ3) is 3.81. The molecule has 0 unspecified atom stereocenters. The molecule has 4 rings (SSSR count). The molecule has 1 aliphatic heterocycles. The SMILES string of the molecule is O=C(O)C[C@@H]1C[C@@H]1c1nc(CCCc2ccc3c(n2)NCCC3)no1. The molecule has 2 atom stereocenters. The van der Waals surface area contributed by atoms with Gasteiger partial charge in [0.2, 0.25) is 5.89 Å². The molecule has 0 radical (unpaired) electrons. The first-order valence-corrected chi connectivity index (χ1v) is 8.96. The highest BCUT2D eigenvalue weighted by Gasteiger charge is 2.43. The number of nitrogens with zero attached hydrogens (tertiary/aromatic N) is 3. The summed E-state index contributed by atoms with van der Waals surface area (Å²) in [5.41, 5.74) is 2.39. The molecule has 1 saturated carbocycles. The lowest BCUT2D eigenvalue weighted by Gasteiger charge is -2.17. The van der Waals surface area contributed by atoms with Crippen LogP contribution in [0.5, 0.6) is 0 Å². The molecule has 2 N–H and O–H groups in total. The highest BCUT2D eigenvalue weighted by atomic mass is 16.5. The van der Waals surface area contributed by atoms with Gasteiger partial charge < -0.3 is 14.9 Å². The normalized spacial score (nSPS) is 21.4. The van der Waals surface area contributed by atoms with Crippen LogP contribution in [-0.2, 0) is 24.1 Å². The minimum Gasteiger partial charge on any atom is -0.481 e. The minimum absolute atomic E-state index is 0.130. The van der Waals surface area contributed by atoms with E-state index in [1.165, 1.54) is 12.0 Å². The first kappa shape index (κ1) is 16.1. The van der Waals surface area contributed by atoms with Gasteiger partial charge in [0.1, 0.15) is 5.82 Å². The molecule has 7 heteroatoms. The van der Waals surface area contributed by atoms with Gasteiger partial charge in [-0.2, -0.15) is 4.98 Å². The number of fused-ring (bicyclic) bond motifs is 1. The Morgan fingerprint density at radius 1 is 1.32 bits per heavy atom. The molecule has 2 aromatic heterocycles. The van der Waals surface area contributed by atoms with E-state index >= 15 is 0 Å². The summed E-state index contributed by atoms with van der Waals surface area (Å²) < 4.78 is 5.30. The van der Waals surface area contributed by atoms with E-state index in [-0.39, 0.29) is 18.3 Å². The lowest BCUT2D eigenvalue weighted by Crippen LogP contribution is -2.14. The Bertz CT molecular complexity index is 773. The van der Waals surface area contributed by atoms with E-state index in [0.29, 0.717) is 11.7 Å². The molecular formula is C18H22N4O3. The number of hydrogen-bond acceptors (Lipinski definition) is 6. The Hall–Kier alpha value is -2.44. The first-order valence-electron chi connectivity index (χ1n) is 8.96. The van der Waals surface area contributed by atoms with Crippen LogP contribution in [0.15, 0.2) is 16.7 Å². The van der Waals surface area contributed by atoms with Crippen molar-refractivity contribution in [2.75, 3.05) is 11.9 Å². The van der Waals surface area contributed by atoms with Gasteiger partial charge in [-0.25, -0.2) is 4.98 Å². The molecule has 3 heterocycles. The van der Waals surface area contributed by atoms with Gasteiger partial charge in [-0.1, -0.05) is 11.2 Å². The molecule has 7 nitrogen and oxygen atoms in total. The molecule has 0 amide bonds. The average molecular weight is 342 g/mol. The van der Waals surface area contributed by atoms with E-state index in [9.17, 15) is 4.79 Å². The van der Waals surface area contributed by atoms with E-state index in [0.717, 1.165) is 50.2 Å². The van der Waals surface area contributed by atoms with Crippen molar-refractivity contribution in [1.29, 1.82) is 0 Å². The maximum atomic E-state index is 10.7. The van der Waals surface area contributed by atoms with Gasteiger partial charge in [0, 0.05) is 31.0 Å². The molecule has 0 saturated heterocycles. The molecule has 2 aliphatic rings. The van der Waals surface area contributed by atoms with Gasteiger partial charge in [0.15, 0.2) is 5.82 Å². The van der Waals surface area contributed by atoms with Crippen LogP contribution in [0, 0.1) is 5.92 Å². The zero-order chi connectivity index (χ0) is 17.2. The van der Waals surface area contributed by atoms with E-state index in [1.807, 2.05) is 0 Å². The monoisotopic (exact) mass is 342 g/mol. The van der Waals surface area contributed by atoms with Crippen LogP contribution in [0.25, 0.3) is 0 Å². The Morgan fingerprint density at radius 3 is 3.12 bits per heavy atom. The quantitative estimate of drug-likeness (QED) is 0.797. The minimum atomic E-state index is -0.765. The fourth-order valence-corrected chi connectivity index (χ4v) is 3.46. The number of carboxylic acid groups (broad SMARTS) is 1. The molecule has 2 aromatic rings. The largest absolute Gasteiger partial charge is 0.481 e. The maximum Gasteiger partial charge on any atom is 0.303 e. The number of hydrogen-bond donors (Lipinski definition) is 2. The predicted molar refractivity (Wildman–Crippen MR) is 90.5 cm³/mol. The highest BCUT2D eigenvalue weighted by Crippen LogP contribution is 2.48. The van der Waals surface area contributed by atoms with Crippen LogP contribution < -0.4 is 5.32 Å². The summed E-state index contributed by atoms with van der Waals surface area (Å²) >= 11 is 0. The van der Waals surface area contributed by atoms with Gasteiger partial charge in [-0.15, -0.1) is 0 Å². The predicted octanol–water partition coefficient (Wildman–Crippen LogP) is 2.58. The molecule has 132 valence electrons. The van der Waals surface area contributed by atoms with Crippen LogP contribution in [0.3, 0.4) is 0 Å². The number of aliphatic carboxylic acids is 1. The van der Waals surface area contributed by atoms with Crippen molar-refractivity contribution in [3.8, 4) is 0 Å². The van der Waals surface area contributed by atoms with Crippen molar-refractivity contribution in [3.63, 3.8) is 0 Å². The lowest BCUT2D eigenvalue weighted by atomic mass is 10.1. The van der Waals surface area contributed by atoms with Crippen molar-refractivity contribution in [2.24, 2.45) is 5.92 Å². The Morgan fingerprint density at radius 2 is 2.24 bits per heavy atom. The number of aromatic nitrogens is 3. The third-order valence-electron chi connectivity index (χ3n) is 4.95. The molecule has 1 fully saturated rings. The molecule has 1 aliphatic carbocycles. The van der Waals surface area contributed by atoms with Crippen LogP contribution >= 0.6 is 0 Å². The smallest absolute Gasteiger partial charge is 0.303 e. The lowest BCUT2D eigenvalue weighted by molar-refractivity contribution is -0.137. The summed E-state index contributed by atoms with van der Waals surface area (Å²) in [7, 11) is 0. The van der Waals surface area contributed by atoms with Crippen LogP contribution in [-0.4, -0.2) is 32.7 Å². The summed E-state index contributed by atoms with van der Waals surface area (Å²) in [5, 5.41) is 16.2. The van der Waals surface area contributed by atoms with Crippen molar-refractivity contribution in [2.45, 2.75) is 50.9 Å². The van der Waals surface area contributed by atoms with Crippen LogP contribution in [0.4, 0.5) is 5.82 Å². The number of rotatable bonds is 7. The molecule has 0 spiro atoms. The second-order valence-corrected chi connectivity index (χ2v) is 6.94. The second kappa shape index (κ2) is 6.82. The van der Waals surface area contributed by atoms with Gasteiger partial charge >= 0.3 is 5.97 Å². The number of carbonyl (C=O) groups is 1. The summed E-state index contributed by atoms with van der Waals surface area (Å²) in [6, 6.07) is 4.28. The maximum absolute atomic E-state index is 10.7. The molecule has 0 aromatic carbocycles. The Kier molecular flexibility index (Phi) is 4.38. The summed E-state index contributed by atoms with van der Waals surface area (Å²) in [6.45, 7) is 0.999. The van der Waals surface area contributed by atoms with Gasteiger partial charge in [-0.3, -0.25) is 4.79 Å². The third-order valence-corrected chi connectivity index (χ3v) is 4.95. The van der Waals surface area contributed by atoms with E-state index in [2.05, 4.69) is 27.6 Å². The molecule has 25 heavy (non-hydrogen) atoms. The van der Waals surface area contributed by atoms with E-state index in [1.54, 1.807) is 0 Å². The fourth-order valence-electron chi connectivity index (χ4n) is 3.46. The Labute approximate surface area is 145 Å².